The molecule has 2 heterocycles. The Kier molecular flexibility index (Phi) is 3.17. The van der Waals surface area contributed by atoms with Crippen molar-refractivity contribution >= 4 is 34.5 Å². The van der Waals surface area contributed by atoms with Crippen LogP contribution in [0.2, 0.25) is 5.15 Å². The van der Waals surface area contributed by atoms with Gasteiger partial charge in [-0.1, -0.05) is 35.5 Å². The van der Waals surface area contributed by atoms with Gasteiger partial charge in [0, 0.05) is 5.75 Å². The molecule has 1 aromatic carbocycles. The molecule has 18 heavy (non-hydrogen) atoms. The molecule has 0 saturated heterocycles. The number of hydrogen-bond acceptors (Lipinski definition) is 5. The number of rotatable bonds is 3. The van der Waals surface area contributed by atoms with Gasteiger partial charge in [0.2, 0.25) is 0 Å². The first-order valence-corrected chi connectivity index (χ1v) is 6.62. The number of thioether (sulfide) groups is 1. The first-order valence-electron chi connectivity index (χ1n) is 5.26. The van der Waals surface area contributed by atoms with Gasteiger partial charge < -0.3 is 4.42 Å². The minimum absolute atomic E-state index is 0.394. The lowest BCUT2D eigenvalue weighted by Gasteiger charge is -1.96. The van der Waals surface area contributed by atoms with Gasteiger partial charge in [-0.15, -0.1) is 0 Å². The Bertz CT molecular complexity index is 635. The Balaban J connectivity index is 1.74. The summed E-state index contributed by atoms with van der Waals surface area (Å²) in [5, 5.41) is 1.03. The molecule has 90 valence electrons. The van der Waals surface area contributed by atoms with E-state index in [-0.39, 0.29) is 0 Å². The molecule has 0 saturated carbocycles. The van der Waals surface area contributed by atoms with Gasteiger partial charge in [0.25, 0.3) is 5.22 Å². The third kappa shape index (κ3) is 2.47. The maximum Gasteiger partial charge on any atom is 0.257 e. The van der Waals surface area contributed by atoms with Crippen LogP contribution in [0.25, 0.3) is 11.1 Å². The summed E-state index contributed by atoms with van der Waals surface area (Å²) < 4.78 is 5.59. The molecule has 0 aliphatic rings. The molecule has 3 rings (SSSR count). The largest absolute Gasteiger partial charge is 0.431 e. The van der Waals surface area contributed by atoms with Crippen LogP contribution in [0.5, 0.6) is 0 Å². The SMILES string of the molecule is Clc1cnc(CSc2nc3ccccc3o2)cn1. The van der Waals surface area contributed by atoms with Crippen LogP contribution in [0.4, 0.5) is 0 Å². The van der Waals surface area contributed by atoms with Gasteiger partial charge in [-0.2, -0.15) is 0 Å². The van der Waals surface area contributed by atoms with E-state index in [0.717, 1.165) is 16.8 Å². The molecule has 0 radical (unpaired) electrons. The van der Waals surface area contributed by atoms with Crippen molar-refractivity contribution in [2.45, 2.75) is 11.0 Å². The molecular formula is C12H8ClN3OS. The summed E-state index contributed by atoms with van der Waals surface area (Å²) in [4.78, 5) is 12.5. The topological polar surface area (TPSA) is 51.8 Å². The maximum absolute atomic E-state index is 5.67. The zero-order valence-electron chi connectivity index (χ0n) is 9.21. The number of oxazole rings is 1. The monoisotopic (exact) mass is 277 g/mol. The molecule has 4 nitrogen and oxygen atoms in total. The van der Waals surface area contributed by atoms with Crippen LogP contribution in [0.1, 0.15) is 5.69 Å². The molecule has 0 aliphatic carbocycles. The Morgan fingerprint density at radius 3 is 2.83 bits per heavy atom. The summed E-state index contributed by atoms with van der Waals surface area (Å²) in [5.41, 5.74) is 2.50. The van der Waals surface area contributed by atoms with Crippen LogP contribution in [-0.4, -0.2) is 15.0 Å². The smallest absolute Gasteiger partial charge is 0.257 e. The minimum Gasteiger partial charge on any atom is -0.431 e. The zero-order valence-corrected chi connectivity index (χ0v) is 10.8. The third-order valence-electron chi connectivity index (χ3n) is 2.29. The van der Waals surface area contributed by atoms with Crippen LogP contribution in [0, 0.1) is 0 Å². The van der Waals surface area contributed by atoms with E-state index in [9.17, 15) is 0 Å². The van der Waals surface area contributed by atoms with E-state index in [1.807, 2.05) is 24.3 Å². The van der Waals surface area contributed by atoms with E-state index in [1.165, 1.54) is 18.0 Å². The molecule has 0 bridgehead atoms. The number of nitrogens with zero attached hydrogens (tertiary/aromatic N) is 3. The van der Waals surface area contributed by atoms with Crippen LogP contribution in [0.15, 0.2) is 46.3 Å². The third-order valence-corrected chi connectivity index (χ3v) is 3.35. The number of aromatic nitrogens is 3. The van der Waals surface area contributed by atoms with Crippen molar-refractivity contribution in [3.63, 3.8) is 0 Å². The quantitative estimate of drug-likeness (QED) is 0.685. The number of hydrogen-bond donors (Lipinski definition) is 0. The average Bonchev–Trinajstić information content (AvgIpc) is 2.81. The van der Waals surface area contributed by atoms with Crippen molar-refractivity contribution < 1.29 is 4.42 Å². The highest BCUT2D eigenvalue weighted by Gasteiger charge is 2.06. The molecule has 3 aromatic rings. The van der Waals surface area contributed by atoms with Crippen LogP contribution in [-0.2, 0) is 5.75 Å². The van der Waals surface area contributed by atoms with Gasteiger partial charge in [0.1, 0.15) is 10.7 Å². The van der Waals surface area contributed by atoms with Crippen molar-refractivity contribution in [1.82, 2.24) is 15.0 Å². The predicted molar refractivity (Wildman–Crippen MR) is 70.6 cm³/mol. The summed E-state index contributed by atoms with van der Waals surface area (Å²) in [7, 11) is 0. The van der Waals surface area contributed by atoms with Crippen LogP contribution >= 0.6 is 23.4 Å². The van der Waals surface area contributed by atoms with E-state index in [4.69, 9.17) is 16.0 Å². The summed E-state index contributed by atoms with van der Waals surface area (Å²) in [5.74, 6) is 0.650. The molecule has 0 unspecified atom stereocenters. The molecule has 0 N–H and O–H groups in total. The van der Waals surface area contributed by atoms with Crippen molar-refractivity contribution in [3.05, 3.63) is 47.5 Å². The summed E-state index contributed by atoms with van der Waals surface area (Å²) in [6.45, 7) is 0. The van der Waals surface area contributed by atoms with Crippen LogP contribution < -0.4 is 0 Å². The highest BCUT2D eigenvalue weighted by Crippen LogP contribution is 2.25. The second-order valence-corrected chi connectivity index (χ2v) is 4.88. The minimum atomic E-state index is 0.394. The van der Waals surface area contributed by atoms with E-state index in [1.54, 1.807) is 6.20 Å². The van der Waals surface area contributed by atoms with Crippen LogP contribution in [0.3, 0.4) is 0 Å². The molecule has 6 heteroatoms. The lowest BCUT2D eigenvalue weighted by molar-refractivity contribution is 0.489. The lowest BCUT2D eigenvalue weighted by Crippen LogP contribution is -1.88. The van der Waals surface area contributed by atoms with Crippen molar-refractivity contribution in [2.24, 2.45) is 0 Å². The second-order valence-electron chi connectivity index (χ2n) is 3.57. The normalized spacial score (nSPS) is 10.9. The fourth-order valence-electron chi connectivity index (χ4n) is 1.46. The van der Waals surface area contributed by atoms with Gasteiger partial charge in [-0.25, -0.2) is 9.97 Å². The van der Waals surface area contributed by atoms with E-state index < -0.39 is 0 Å². The van der Waals surface area contributed by atoms with Gasteiger partial charge >= 0.3 is 0 Å². The van der Waals surface area contributed by atoms with Crippen molar-refractivity contribution in [1.29, 1.82) is 0 Å². The molecule has 0 atom stereocenters. The Morgan fingerprint density at radius 1 is 1.17 bits per heavy atom. The van der Waals surface area contributed by atoms with Crippen molar-refractivity contribution in [3.8, 4) is 0 Å². The maximum atomic E-state index is 5.67. The molecule has 2 aromatic heterocycles. The first kappa shape index (κ1) is 11.5. The number of halogens is 1. The molecule has 0 spiro atoms. The Hall–Kier alpha value is -1.59. The highest BCUT2D eigenvalue weighted by atomic mass is 35.5. The standard InChI is InChI=1S/C12H8ClN3OS/c13-11-6-14-8(5-15-11)7-18-12-16-9-3-1-2-4-10(9)17-12/h1-6H,7H2. The Morgan fingerprint density at radius 2 is 2.06 bits per heavy atom. The zero-order chi connectivity index (χ0) is 12.4. The number of benzene rings is 1. The predicted octanol–water partition coefficient (Wildman–Crippen LogP) is 3.56. The van der Waals surface area contributed by atoms with Gasteiger partial charge in [-0.05, 0) is 12.1 Å². The summed E-state index contributed by atoms with van der Waals surface area (Å²) in [6.07, 6.45) is 3.18. The molecule has 0 fully saturated rings. The fourth-order valence-corrected chi connectivity index (χ4v) is 2.29. The van der Waals surface area contributed by atoms with E-state index in [2.05, 4.69) is 15.0 Å². The molecule has 0 aliphatic heterocycles. The average molecular weight is 278 g/mol. The highest BCUT2D eigenvalue weighted by molar-refractivity contribution is 7.98. The fraction of sp³-hybridized carbons (Fsp3) is 0.0833. The first-order chi connectivity index (χ1) is 8.81. The molecular weight excluding hydrogens is 270 g/mol. The van der Waals surface area contributed by atoms with Gasteiger partial charge in [-0.3, -0.25) is 4.98 Å². The van der Waals surface area contributed by atoms with E-state index >= 15 is 0 Å². The number of para-hydroxylation sites is 2. The second kappa shape index (κ2) is 4.96. The van der Waals surface area contributed by atoms with E-state index in [0.29, 0.717) is 16.1 Å². The summed E-state index contributed by atoms with van der Waals surface area (Å²) in [6, 6.07) is 7.68. The molecule has 0 amide bonds. The van der Waals surface area contributed by atoms with Gasteiger partial charge in [0.05, 0.1) is 18.1 Å². The summed E-state index contributed by atoms with van der Waals surface area (Å²) >= 11 is 7.15. The Labute approximate surface area is 112 Å². The number of fused-ring (bicyclic) bond motifs is 1. The van der Waals surface area contributed by atoms with Gasteiger partial charge in [0.15, 0.2) is 5.58 Å². The lowest BCUT2D eigenvalue weighted by atomic mass is 10.3. The van der Waals surface area contributed by atoms with Crippen molar-refractivity contribution in [2.75, 3.05) is 0 Å².